The van der Waals surface area contributed by atoms with E-state index in [1.54, 1.807) is 0 Å². The number of quaternary nitrogens is 2. The minimum Gasteiger partial charge on any atom is -0.483 e. The van der Waals surface area contributed by atoms with Gasteiger partial charge in [0, 0.05) is 0 Å². The number of primary amides is 2. The summed E-state index contributed by atoms with van der Waals surface area (Å²) in [5.41, 5.74) is 0. The Kier molecular flexibility index (Phi) is 3.65. The van der Waals surface area contributed by atoms with Gasteiger partial charge in [0.2, 0.25) is 0 Å². The Bertz CT molecular complexity index is 49.5. The highest BCUT2D eigenvalue weighted by atomic mass is 32.1. The van der Waals surface area contributed by atoms with Gasteiger partial charge in [-0.3, -0.25) is 0 Å². The lowest BCUT2D eigenvalue weighted by molar-refractivity contribution is -0.526. The first-order valence-corrected chi connectivity index (χ1v) is 2.20. The van der Waals surface area contributed by atoms with E-state index in [1.165, 1.54) is 0 Å². The van der Waals surface area contributed by atoms with Crippen molar-refractivity contribution in [1.29, 1.82) is 0 Å². The molecular formula is CH4N2OS2. The molecule has 0 aromatic heterocycles. The van der Waals surface area contributed by atoms with Crippen molar-refractivity contribution in [2.24, 2.45) is 0 Å². The van der Waals surface area contributed by atoms with Crippen molar-refractivity contribution in [1.82, 2.24) is 0 Å². The molecule has 0 aliphatic rings. The fraction of sp³-hybridized carbons (Fsp3) is 0. The summed E-state index contributed by atoms with van der Waals surface area (Å²) in [6.45, 7) is 0. The number of nitrogens with two attached hydrogens (primary N) is 2. The Morgan fingerprint density at radius 1 is 1.33 bits per heavy atom. The van der Waals surface area contributed by atoms with E-state index in [0.29, 0.717) is 0 Å². The third-order valence-corrected chi connectivity index (χ3v) is 0.697. The van der Waals surface area contributed by atoms with Gasteiger partial charge in [0.1, 0.15) is 0 Å². The van der Waals surface area contributed by atoms with E-state index in [-0.39, 0.29) is 6.03 Å². The molecule has 0 unspecified atom stereocenters. The van der Waals surface area contributed by atoms with Gasteiger partial charge in [0.05, 0.1) is 0 Å². The van der Waals surface area contributed by atoms with Crippen LogP contribution in [0.15, 0.2) is 0 Å². The van der Waals surface area contributed by atoms with Gasteiger partial charge in [-0.05, 0) is 0 Å². The molecule has 0 atom stereocenters. The second kappa shape index (κ2) is 3.48. The van der Waals surface area contributed by atoms with E-state index in [2.05, 4.69) is 25.6 Å². The van der Waals surface area contributed by atoms with E-state index >= 15 is 0 Å². The molecular weight excluding hydrogens is 120 g/mol. The van der Waals surface area contributed by atoms with Crippen molar-refractivity contribution in [3.8, 4) is 0 Å². The van der Waals surface area contributed by atoms with Crippen LogP contribution < -0.4 is 9.44 Å². The summed E-state index contributed by atoms with van der Waals surface area (Å²) in [5, 5.41) is 0. The molecule has 0 aliphatic carbocycles. The van der Waals surface area contributed by atoms with Crippen LogP contribution in [0.5, 0.6) is 0 Å². The van der Waals surface area contributed by atoms with Gasteiger partial charge in [0.25, 0.3) is 0 Å². The minimum atomic E-state index is -0.278. The maximum atomic E-state index is 9.86. The number of rotatable bonds is 0. The zero-order valence-electron chi connectivity index (χ0n) is 2.88. The molecule has 6 heavy (non-hydrogen) atoms. The number of urea groups is 1. The monoisotopic (exact) mass is 124 g/mol. The van der Waals surface area contributed by atoms with Crippen LogP contribution >= 0.6 is 0 Å². The van der Waals surface area contributed by atoms with E-state index < -0.39 is 0 Å². The third kappa shape index (κ3) is 2.52. The number of carbonyl (C=O) groups excluding carboxylic acids is 1. The molecule has 0 fully saturated rings. The van der Waals surface area contributed by atoms with E-state index in [4.69, 9.17) is 0 Å². The first kappa shape index (κ1) is 6.29. The number of hydrogen-bond donors (Lipinski definition) is 2. The highest BCUT2D eigenvalue weighted by Crippen LogP contribution is 1.23. The van der Waals surface area contributed by atoms with Gasteiger partial charge in [-0.1, -0.05) is 0 Å². The van der Waals surface area contributed by atoms with Crippen LogP contribution in [0.25, 0.3) is 0 Å². The Morgan fingerprint density at radius 3 is 1.67 bits per heavy atom. The molecule has 3 nitrogen and oxygen atoms in total. The lowest BCUT2D eigenvalue weighted by Gasteiger charge is -1.95. The summed E-state index contributed by atoms with van der Waals surface area (Å²) in [5.74, 6) is 0. The van der Waals surface area contributed by atoms with Crippen molar-refractivity contribution in [2.45, 2.75) is 0 Å². The zero-order valence-corrected chi connectivity index (χ0v) is 4.51. The SMILES string of the molecule is O=C([NH2+][S-])[NH2+][S-]. The predicted octanol–water partition coefficient (Wildman–Crippen LogP) is -2.84. The molecule has 0 rings (SSSR count). The lowest BCUT2D eigenvalue weighted by atomic mass is 11.2. The van der Waals surface area contributed by atoms with Crippen LogP contribution in [-0.2, 0) is 25.6 Å². The highest BCUT2D eigenvalue weighted by molar-refractivity contribution is 7.52. The predicted molar refractivity (Wildman–Crippen MR) is 24.0 cm³/mol. The molecule has 0 saturated carbocycles. The van der Waals surface area contributed by atoms with Crippen molar-refractivity contribution in [2.75, 3.05) is 0 Å². The number of hydrogen-bond acceptors (Lipinski definition) is 3. The van der Waals surface area contributed by atoms with Gasteiger partial charge >= 0.3 is 6.03 Å². The van der Waals surface area contributed by atoms with Gasteiger partial charge in [-0.25, -0.2) is 0 Å². The van der Waals surface area contributed by atoms with Crippen LogP contribution in [0.4, 0.5) is 4.79 Å². The first-order valence-electron chi connectivity index (χ1n) is 1.25. The fourth-order valence-corrected chi connectivity index (χ4v) is 0.250. The van der Waals surface area contributed by atoms with Crippen molar-refractivity contribution in [3.63, 3.8) is 0 Å². The molecule has 0 saturated heterocycles. The quantitative estimate of drug-likeness (QED) is 0.342. The molecule has 2 amide bonds. The van der Waals surface area contributed by atoms with Crippen LogP contribution in [0, 0.1) is 0 Å². The van der Waals surface area contributed by atoms with Gasteiger partial charge in [-0.2, -0.15) is 4.79 Å². The zero-order chi connectivity index (χ0) is 4.99. The Hall–Kier alpha value is 0.290. The maximum Gasteiger partial charge on any atom is 0.471 e. The van der Waals surface area contributed by atoms with Crippen molar-refractivity contribution in [3.05, 3.63) is 0 Å². The highest BCUT2D eigenvalue weighted by Gasteiger charge is 1.85. The number of amides is 2. The Balaban J connectivity index is 2.99. The second-order valence-electron chi connectivity index (χ2n) is 0.638. The summed E-state index contributed by atoms with van der Waals surface area (Å²) < 4.78 is 2.01. The maximum absolute atomic E-state index is 9.86. The molecule has 0 radical (unpaired) electrons. The minimum absolute atomic E-state index is 0.278. The molecule has 0 aromatic rings. The average Bonchev–Trinajstić information content (AvgIpc) is 1.65. The van der Waals surface area contributed by atoms with Crippen molar-refractivity contribution >= 4 is 31.7 Å². The third-order valence-electron chi connectivity index (χ3n) is 0.232. The van der Waals surface area contributed by atoms with Gasteiger partial charge in [-0.15, -0.1) is 0 Å². The van der Waals surface area contributed by atoms with E-state index in [9.17, 15) is 4.79 Å². The topological polar surface area (TPSA) is 50.3 Å². The second-order valence-corrected chi connectivity index (χ2v) is 1.11. The van der Waals surface area contributed by atoms with Crippen molar-refractivity contribution < 1.29 is 14.2 Å². The van der Waals surface area contributed by atoms with Crippen LogP contribution in [0.3, 0.4) is 0 Å². The Labute approximate surface area is 46.6 Å². The fourth-order valence-electron chi connectivity index (χ4n) is 0.0278. The van der Waals surface area contributed by atoms with Crippen LogP contribution in [0.2, 0.25) is 0 Å². The molecule has 0 bridgehead atoms. The molecule has 36 valence electrons. The summed E-state index contributed by atoms with van der Waals surface area (Å²) in [4.78, 5) is 9.86. The standard InChI is InChI=1S/CH4N2OS2/c4-1(2-5)3-6/h2-3H2. The molecule has 0 heterocycles. The smallest absolute Gasteiger partial charge is 0.471 e. The molecule has 0 aliphatic heterocycles. The molecule has 5 heteroatoms. The summed E-state index contributed by atoms with van der Waals surface area (Å²) >= 11 is 8.40. The van der Waals surface area contributed by atoms with E-state index in [1.807, 2.05) is 0 Å². The first-order chi connectivity index (χ1) is 2.81. The number of carbonyl (C=O) groups is 1. The van der Waals surface area contributed by atoms with Gasteiger partial charge in [0.15, 0.2) is 0 Å². The molecule has 0 spiro atoms. The lowest BCUT2D eigenvalue weighted by Crippen LogP contribution is -3.04. The Morgan fingerprint density at radius 2 is 1.67 bits per heavy atom. The van der Waals surface area contributed by atoms with Crippen LogP contribution in [0.1, 0.15) is 0 Å². The molecule has 4 N–H and O–H groups in total. The largest absolute Gasteiger partial charge is 0.483 e. The summed E-state index contributed by atoms with van der Waals surface area (Å²) in [7, 11) is 0. The average molecular weight is 124 g/mol. The van der Waals surface area contributed by atoms with E-state index in [0.717, 1.165) is 9.44 Å². The normalized spacial score (nSPS) is 8.33. The summed E-state index contributed by atoms with van der Waals surface area (Å²) in [6, 6.07) is -0.278. The molecule has 0 aromatic carbocycles. The summed E-state index contributed by atoms with van der Waals surface area (Å²) in [6.07, 6.45) is 0. The van der Waals surface area contributed by atoms with Gasteiger partial charge < -0.3 is 35.1 Å². The van der Waals surface area contributed by atoms with Crippen LogP contribution in [-0.4, -0.2) is 6.03 Å².